The normalized spacial score (nSPS) is 21.8. The van der Waals surface area contributed by atoms with Gasteiger partial charge in [0.1, 0.15) is 0 Å². The fourth-order valence-electron chi connectivity index (χ4n) is 3.70. The zero-order valence-electron chi connectivity index (χ0n) is 14.6. The number of benzene rings is 1. The Bertz CT molecular complexity index is 714. The molecule has 25 heavy (non-hydrogen) atoms. The van der Waals surface area contributed by atoms with Crippen LogP contribution in [0.1, 0.15) is 42.5 Å². The summed E-state index contributed by atoms with van der Waals surface area (Å²) in [4.78, 5) is 14.6. The number of carbonyl (C=O) groups is 1. The molecule has 1 aromatic rings. The molecule has 0 unspecified atom stereocenters. The highest BCUT2D eigenvalue weighted by molar-refractivity contribution is 7.89. The summed E-state index contributed by atoms with van der Waals surface area (Å²) in [7, 11) is -1.92. The van der Waals surface area contributed by atoms with Gasteiger partial charge in [-0.2, -0.15) is 0 Å². The zero-order chi connectivity index (χ0) is 17.9. The lowest BCUT2D eigenvalue weighted by atomic mass is 10.1. The number of carbonyl (C=O) groups excluding carboxylic acids is 1. The molecule has 3 rings (SSSR count). The van der Waals surface area contributed by atoms with Crippen LogP contribution in [0, 0.1) is 5.92 Å². The summed E-state index contributed by atoms with van der Waals surface area (Å²) >= 11 is 0. The molecule has 0 bridgehead atoms. The Kier molecular flexibility index (Phi) is 5.76. The molecule has 1 saturated carbocycles. The van der Waals surface area contributed by atoms with E-state index in [9.17, 15) is 13.2 Å². The quantitative estimate of drug-likeness (QED) is 0.836. The summed E-state index contributed by atoms with van der Waals surface area (Å²) in [6.45, 7) is 1.98. The van der Waals surface area contributed by atoms with E-state index in [-0.39, 0.29) is 16.8 Å². The molecule has 1 heterocycles. The predicted molar refractivity (Wildman–Crippen MR) is 94.9 cm³/mol. The SMILES string of the molecule is COC[C@@H]1CCN(C(=O)c2cccc(S(=O)(=O)NC3CCCC3)c2)C1. The smallest absolute Gasteiger partial charge is 0.253 e. The number of methoxy groups -OCH3 is 1. The minimum atomic E-state index is -3.58. The number of hydrogen-bond donors (Lipinski definition) is 1. The highest BCUT2D eigenvalue weighted by Crippen LogP contribution is 2.22. The third kappa shape index (κ3) is 4.40. The fourth-order valence-corrected chi connectivity index (χ4v) is 5.05. The van der Waals surface area contributed by atoms with Crippen LogP contribution < -0.4 is 4.72 Å². The van der Waals surface area contributed by atoms with Crippen molar-refractivity contribution in [2.45, 2.75) is 43.0 Å². The van der Waals surface area contributed by atoms with Gasteiger partial charge in [-0.25, -0.2) is 13.1 Å². The van der Waals surface area contributed by atoms with Crippen molar-refractivity contribution in [1.29, 1.82) is 0 Å². The van der Waals surface area contributed by atoms with Gasteiger partial charge in [0.2, 0.25) is 10.0 Å². The van der Waals surface area contributed by atoms with Crippen LogP contribution in [0.2, 0.25) is 0 Å². The predicted octanol–water partition coefficient (Wildman–Crippen LogP) is 2.02. The molecule has 6 nitrogen and oxygen atoms in total. The number of sulfonamides is 1. The minimum absolute atomic E-state index is 0.0118. The maximum atomic E-state index is 12.7. The van der Waals surface area contributed by atoms with Gasteiger partial charge in [-0.1, -0.05) is 18.9 Å². The van der Waals surface area contributed by atoms with Crippen molar-refractivity contribution < 1.29 is 17.9 Å². The van der Waals surface area contributed by atoms with E-state index in [1.54, 1.807) is 30.2 Å². The van der Waals surface area contributed by atoms with Crippen LogP contribution in [0.25, 0.3) is 0 Å². The molecule has 138 valence electrons. The second-order valence-electron chi connectivity index (χ2n) is 6.99. The van der Waals surface area contributed by atoms with Crippen LogP contribution in [0.5, 0.6) is 0 Å². The third-order valence-corrected chi connectivity index (χ3v) is 6.56. The fraction of sp³-hybridized carbons (Fsp3) is 0.611. The zero-order valence-corrected chi connectivity index (χ0v) is 15.4. The average Bonchev–Trinajstić information content (AvgIpc) is 3.26. The number of hydrogen-bond acceptors (Lipinski definition) is 4. The molecule has 1 atom stereocenters. The second-order valence-corrected chi connectivity index (χ2v) is 8.71. The largest absolute Gasteiger partial charge is 0.384 e. The molecule has 1 saturated heterocycles. The van der Waals surface area contributed by atoms with Crippen LogP contribution >= 0.6 is 0 Å². The summed E-state index contributed by atoms with van der Waals surface area (Å²) in [5, 5.41) is 0. The molecular weight excluding hydrogens is 340 g/mol. The van der Waals surface area contributed by atoms with Crippen LogP contribution in [0.15, 0.2) is 29.2 Å². The Morgan fingerprint density at radius 1 is 1.28 bits per heavy atom. The van der Waals surface area contributed by atoms with E-state index in [4.69, 9.17) is 4.74 Å². The Morgan fingerprint density at radius 2 is 2.04 bits per heavy atom. The van der Waals surface area contributed by atoms with Crippen LogP contribution in [-0.4, -0.2) is 52.1 Å². The van der Waals surface area contributed by atoms with Crippen molar-refractivity contribution in [2.75, 3.05) is 26.8 Å². The number of likely N-dealkylation sites (tertiary alicyclic amines) is 1. The van der Waals surface area contributed by atoms with Crippen molar-refractivity contribution in [3.8, 4) is 0 Å². The molecule has 1 N–H and O–H groups in total. The molecule has 0 radical (unpaired) electrons. The molecule has 0 spiro atoms. The first kappa shape index (κ1) is 18.4. The van der Waals surface area contributed by atoms with Gasteiger partial charge in [0, 0.05) is 37.7 Å². The van der Waals surface area contributed by atoms with Crippen molar-refractivity contribution in [3.63, 3.8) is 0 Å². The number of nitrogens with one attached hydrogen (secondary N) is 1. The number of rotatable bonds is 6. The first-order valence-corrected chi connectivity index (χ1v) is 10.4. The molecule has 1 aliphatic heterocycles. The number of ether oxygens (including phenoxy) is 1. The van der Waals surface area contributed by atoms with Gasteiger partial charge in [0.25, 0.3) is 5.91 Å². The van der Waals surface area contributed by atoms with Crippen LogP contribution in [0.3, 0.4) is 0 Å². The number of amides is 1. The minimum Gasteiger partial charge on any atom is -0.384 e. The van der Waals surface area contributed by atoms with E-state index >= 15 is 0 Å². The van der Waals surface area contributed by atoms with Crippen molar-refractivity contribution in [3.05, 3.63) is 29.8 Å². The molecule has 1 aromatic carbocycles. The molecule has 0 aromatic heterocycles. The van der Waals surface area contributed by atoms with Gasteiger partial charge in [-0.15, -0.1) is 0 Å². The topological polar surface area (TPSA) is 75.7 Å². The monoisotopic (exact) mass is 366 g/mol. The number of nitrogens with zero attached hydrogens (tertiary/aromatic N) is 1. The highest BCUT2D eigenvalue weighted by atomic mass is 32.2. The summed E-state index contributed by atoms with van der Waals surface area (Å²) in [5.74, 6) is 0.237. The summed E-state index contributed by atoms with van der Waals surface area (Å²) in [6.07, 6.45) is 4.80. The van der Waals surface area contributed by atoms with E-state index in [0.29, 0.717) is 31.2 Å². The highest BCUT2D eigenvalue weighted by Gasteiger charge is 2.28. The summed E-state index contributed by atoms with van der Waals surface area (Å²) in [5.41, 5.74) is 0.423. The second kappa shape index (κ2) is 7.85. The van der Waals surface area contributed by atoms with Gasteiger partial charge in [0.05, 0.1) is 11.5 Å². The Morgan fingerprint density at radius 3 is 2.76 bits per heavy atom. The van der Waals surface area contributed by atoms with E-state index in [0.717, 1.165) is 32.1 Å². The van der Waals surface area contributed by atoms with E-state index in [1.807, 2.05) is 0 Å². The van der Waals surface area contributed by atoms with Crippen molar-refractivity contribution in [2.24, 2.45) is 5.92 Å². The Labute approximate surface area is 149 Å². The van der Waals surface area contributed by atoms with Gasteiger partial charge in [-0.3, -0.25) is 4.79 Å². The molecule has 2 aliphatic rings. The van der Waals surface area contributed by atoms with E-state index in [1.165, 1.54) is 6.07 Å². The maximum Gasteiger partial charge on any atom is 0.253 e. The van der Waals surface area contributed by atoms with Crippen molar-refractivity contribution in [1.82, 2.24) is 9.62 Å². The third-order valence-electron chi connectivity index (χ3n) is 5.04. The summed E-state index contributed by atoms with van der Waals surface area (Å²) in [6, 6.07) is 6.37. The van der Waals surface area contributed by atoms with Crippen LogP contribution in [-0.2, 0) is 14.8 Å². The average molecular weight is 366 g/mol. The van der Waals surface area contributed by atoms with Crippen molar-refractivity contribution >= 4 is 15.9 Å². The van der Waals surface area contributed by atoms with Gasteiger partial charge in [-0.05, 0) is 37.5 Å². The van der Waals surface area contributed by atoms with E-state index < -0.39 is 10.0 Å². The standard InChI is InChI=1S/C18H26N2O4S/c1-24-13-14-9-10-20(12-14)18(21)15-5-4-8-17(11-15)25(22,23)19-16-6-2-3-7-16/h4-5,8,11,14,16,19H,2-3,6-7,9-10,12-13H2,1H3/t14-/m1/s1. The van der Waals surface area contributed by atoms with Crippen LogP contribution in [0.4, 0.5) is 0 Å². The molecule has 7 heteroatoms. The lowest BCUT2D eigenvalue weighted by Crippen LogP contribution is -2.33. The molecule has 1 amide bonds. The van der Waals surface area contributed by atoms with Gasteiger partial charge >= 0.3 is 0 Å². The first-order chi connectivity index (χ1) is 12.0. The lowest BCUT2D eigenvalue weighted by Gasteiger charge is -2.17. The lowest BCUT2D eigenvalue weighted by molar-refractivity contribution is 0.0775. The van der Waals surface area contributed by atoms with E-state index in [2.05, 4.69) is 4.72 Å². The van der Waals surface area contributed by atoms with Gasteiger partial charge in [0.15, 0.2) is 0 Å². The molecular formula is C18H26N2O4S. The Hall–Kier alpha value is -1.44. The van der Waals surface area contributed by atoms with Gasteiger partial charge < -0.3 is 9.64 Å². The summed E-state index contributed by atoms with van der Waals surface area (Å²) < 4.78 is 33.1. The first-order valence-electron chi connectivity index (χ1n) is 8.90. The molecule has 1 aliphatic carbocycles. The maximum absolute atomic E-state index is 12.7. The Balaban J connectivity index is 1.71. The molecule has 2 fully saturated rings.